The molecule has 2 heterocycles. The van der Waals surface area contributed by atoms with E-state index in [0.717, 1.165) is 36.9 Å². The van der Waals surface area contributed by atoms with Gasteiger partial charge in [-0.3, -0.25) is 4.79 Å². The number of aryl methyl sites for hydroxylation is 1. The van der Waals surface area contributed by atoms with Crippen LogP contribution in [0.15, 0.2) is 24.3 Å². The number of benzene rings is 1. The average molecular weight is 275 g/mol. The number of hydrogen-bond donors (Lipinski definition) is 0. The summed E-state index contributed by atoms with van der Waals surface area (Å²) in [5.74, 6) is -0.449. The highest BCUT2D eigenvalue weighted by molar-refractivity contribution is 5.95. The number of likely N-dealkylation sites (tertiary alicyclic amines) is 1. The van der Waals surface area contributed by atoms with Gasteiger partial charge in [-0.1, -0.05) is 25.1 Å². The molecule has 4 heteroatoms. The van der Waals surface area contributed by atoms with Crippen molar-refractivity contribution in [3.63, 3.8) is 0 Å². The summed E-state index contributed by atoms with van der Waals surface area (Å²) >= 11 is 0. The average Bonchev–Trinajstić information content (AvgIpc) is 2.94. The predicted octanol–water partition coefficient (Wildman–Crippen LogP) is 2.23. The van der Waals surface area contributed by atoms with E-state index in [1.165, 1.54) is 0 Å². The topological polar surface area (TPSA) is 38.8 Å². The molecule has 2 aliphatic rings. The van der Waals surface area contributed by atoms with Crippen molar-refractivity contribution in [2.75, 3.05) is 26.3 Å². The van der Waals surface area contributed by atoms with Crippen LogP contribution < -0.4 is 0 Å². The summed E-state index contributed by atoms with van der Waals surface area (Å²) in [7, 11) is 0. The Morgan fingerprint density at radius 2 is 2.05 bits per heavy atom. The maximum Gasteiger partial charge on any atom is 0.254 e. The maximum absolute atomic E-state index is 12.7. The van der Waals surface area contributed by atoms with Crippen LogP contribution in [-0.2, 0) is 15.9 Å². The Morgan fingerprint density at radius 1 is 1.30 bits per heavy atom. The molecule has 1 spiro atoms. The van der Waals surface area contributed by atoms with E-state index in [1.807, 2.05) is 29.2 Å². The number of ether oxygens (including phenoxy) is 2. The van der Waals surface area contributed by atoms with Gasteiger partial charge in [0, 0.05) is 18.5 Å². The smallest absolute Gasteiger partial charge is 0.254 e. The van der Waals surface area contributed by atoms with Crippen LogP contribution in [0.25, 0.3) is 0 Å². The molecule has 0 unspecified atom stereocenters. The van der Waals surface area contributed by atoms with Crippen molar-refractivity contribution in [2.24, 2.45) is 0 Å². The van der Waals surface area contributed by atoms with Crippen LogP contribution in [0.4, 0.5) is 0 Å². The molecule has 0 atom stereocenters. The minimum atomic E-state index is -0.547. The highest BCUT2D eigenvalue weighted by atomic mass is 16.7. The van der Waals surface area contributed by atoms with Crippen molar-refractivity contribution in [2.45, 2.75) is 32.0 Å². The zero-order valence-corrected chi connectivity index (χ0v) is 11.9. The van der Waals surface area contributed by atoms with Gasteiger partial charge in [-0.15, -0.1) is 0 Å². The largest absolute Gasteiger partial charge is 0.346 e. The molecule has 1 amide bonds. The van der Waals surface area contributed by atoms with Crippen LogP contribution in [0, 0.1) is 0 Å². The lowest BCUT2D eigenvalue weighted by atomic mass is 10.0. The molecular formula is C16H21NO3. The van der Waals surface area contributed by atoms with Crippen LogP contribution in [0.2, 0.25) is 0 Å². The predicted molar refractivity (Wildman–Crippen MR) is 75.6 cm³/mol. The summed E-state index contributed by atoms with van der Waals surface area (Å²) in [6.45, 7) is 4.67. The number of piperidine rings is 1. The first kappa shape index (κ1) is 13.6. The molecule has 0 aliphatic carbocycles. The molecule has 0 radical (unpaired) electrons. The summed E-state index contributed by atoms with van der Waals surface area (Å²) in [5, 5.41) is 0. The first-order valence-electron chi connectivity index (χ1n) is 7.39. The number of hydrogen-bond acceptors (Lipinski definition) is 3. The molecule has 0 saturated carbocycles. The number of carbonyl (C=O) groups is 1. The Hall–Kier alpha value is -1.39. The molecule has 1 aromatic rings. The molecule has 20 heavy (non-hydrogen) atoms. The van der Waals surface area contributed by atoms with Gasteiger partial charge in [0.05, 0.1) is 19.8 Å². The summed E-state index contributed by atoms with van der Waals surface area (Å²) in [6, 6.07) is 7.85. The van der Waals surface area contributed by atoms with Crippen molar-refractivity contribution in [1.82, 2.24) is 4.90 Å². The Balaban J connectivity index is 1.79. The van der Waals surface area contributed by atoms with E-state index in [4.69, 9.17) is 9.47 Å². The van der Waals surface area contributed by atoms with Crippen molar-refractivity contribution in [3.8, 4) is 0 Å². The van der Waals surface area contributed by atoms with E-state index in [0.29, 0.717) is 19.8 Å². The fraction of sp³-hybridized carbons (Fsp3) is 0.562. The Labute approximate surface area is 119 Å². The van der Waals surface area contributed by atoms with E-state index in [9.17, 15) is 4.79 Å². The van der Waals surface area contributed by atoms with Crippen LogP contribution in [0.3, 0.4) is 0 Å². The highest BCUT2D eigenvalue weighted by Gasteiger charge is 2.42. The van der Waals surface area contributed by atoms with Gasteiger partial charge in [-0.2, -0.15) is 0 Å². The lowest BCUT2D eigenvalue weighted by Gasteiger charge is -2.38. The van der Waals surface area contributed by atoms with Gasteiger partial charge in [0.2, 0.25) is 0 Å². The standard InChI is InChI=1S/C16H21NO3/c1-2-13-6-3-4-7-14(13)15(18)17-9-5-8-16(12-17)19-10-11-20-16/h3-4,6-7H,2,5,8-12H2,1H3. The van der Waals surface area contributed by atoms with E-state index < -0.39 is 5.79 Å². The Morgan fingerprint density at radius 3 is 2.80 bits per heavy atom. The van der Waals surface area contributed by atoms with Gasteiger partial charge in [-0.25, -0.2) is 0 Å². The number of rotatable bonds is 2. The zero-order chi connectivity index (χ0) is 14.0. The van der Waals surface area contributed by atoms with Crippen molar-refractivity contribution in [3.05, 3.63) is 35.4 Å². The fourth-order valence-corrected chi connectivity index (χ4v) is 3.10. The normalized spacial score (nSPS) is 21.4. The maximum atomic E-state index is 12.7. The van der Waals surface area contributed by atoms with E-state index in [-0.39, 0.29) is 5.91 Å². The van der Waals surface area contributed by atoms with Gasteiger partial charge < -0.3 is 14.4 Å². The molecule has 2 fully saturated rings. The van der Waals surface area contributed by atoms with Crippen LogP contribution in [0.1, 0.15) is 35.7 Å². The molecular weight excluding hydrogens is 254 g/mol. The monoisotopic (exact) mass is 275 g/mol. The summed E-state index contributed by atoms with van der Waals surface area (Å²) < 4.78 is 11.5. The minimum Gasteiger partial charge on any atom is -0.346 e. The van der Waals surface area contributed by atoms with E-state index >= 15 is 0 Å². The first-order valence-corrected chi connectivity index (χ1v) is 7.39. The first-order chi connectivity index (χ1) is 9.74. The number of amides is 1. The quantitative estimate of drug-likeness (QED) is 0.831. The van der Waals surface area contributed by atoms with Gasteiger partial charge in [0.25, 0.3) is 5.91 Å². The summed E-state index contributed by atoms with van der Waals surface area (Å²) in [6.07, 6.45) is 2.68. The highest BCUT2D eigenvalue weighted by Crippen LogP contribution is 2.31. The van der Waals surface area contributed by atoms with Gasteiger partial charge in [0.15, 0.2) is 5.79 Å². The van der Waals surface area contributed by atoms with E-state index in [1.54, 1.807) is 0 Å². The SMILES string of the molecule is CCc1ccccc1C(=O)N1CCCC2(C1)OCCO2. The van der Waals surface area contributed by atoms with Gasteiger partial charge >= 0.3 is 0 Å². The zero-order valence-electron chi connectivity index (χ0n) is 11.9. The molecule has 2 saturated heterocycles. The number of carbonyl (C=O) groups excluding carboxylic acids is 1. The number of nitrogens with zero attached hydrogens (tertiary/aromatic N) is 1. The van der Waals surface area contributed by atoms with Gasteiger partial charge in [-0.05, 0) is 24.5 Å². The summed E-state index contributed by atoms with van der Waals surface area (Å²) in [4.78, 5) is 14.6. The molecule has 2 aliphatic heterocycles. The fourth-order valence-electron chi connectivity index (χ4n) is 3.10. The molecule has 1 aromatic carbocycles. The second-order valence-electron chi connectivity index (χ2n) is 5.45. The van der Waals surface area contributed by atoms with Crippen molar-refractivity contribution in [1.29, 1.82) is 0 Å². The molecule has 4 nitrogen and oxygen atoms in total. The minimum absolute atomic E-state index is 0.0978. The Kier molecular flexibility index (Phi) is 3.76. The third-order valence-electron chi connectivity index (χ3n) is 4.15. The molecule has 3 rings (SSSR count). The Bertz CT molecular complexity index is 494. The van der Waals surface area contributed by atoms with Crippen LogP contribution in [-0.4, -0.2) is 42.9 Å². The lowest BCUT2D eigenvalue weighted by Crippen LogP contribution is -2.51. The molecule has 0 aromatic heterocycles. The summed E-state index contributed by atoms with van der Waals surface area (Å²) in [5.41, 5.74) is 1.91. The van der Waals surface area contributed by atoms with E-state index in [2.05, 4.69) is 6.92 Å². The lowest BCUT2D eigenvalue weighted by molar-refractivity contribution is -0.183. The second-order valence-corrected chi connectivity index (χ2v) is 5.45. The third kappa shape index (κ3) is 2.45. The van der Waals surface area contributed by atoms with Crippen LogP contribution >= 0.6 is 0 Å². The van der Waals surface area contributed by atoms with Crippen molar-refractivity contribution >= 4 is 5.91 Å². The third-order valence-corrected chi connectivity index (χ3v) is 4.15. The molecule has 0 bridgehead atoms. The van der Waals surface area contributed by atoms with Crippen molar-refractivity contribution < 1.29 is 14.3 Å². The molecule has 0 N–H and O–H groups in total. The second kappa shape index (κ2) is 5.54. The van der Waals surface area contributed by atoms with Gasteiger partial charge in [0.1, 0.15) is 0 Å². The molecule has 108 valence electrons. The van der Waals surface area contributed by atoms with Crippen LogP contribution in [0.5, 0.6) is 0 Å².